The van der Waals surface area contributed by atoms with Gasteiger partial charge in [0.1, 0.15) is 36.3 Å². The first-order valence-corrected chi connectivity index (χ1v) is 17.7. The van der Waals surface area contributed by atoms with Crippen LogP contribution in [0, 0.1) is 0 Å². The molecule has 50 heavy (non-hydrogen) atoms. The lowest BCUT2D eigenvalue weighted by Crippen LogP contribution is -2.57. The Kier molecular flexibility index (Phi) is 11.3. The van der Waals surface area contributed by atoms with Gasteiger partial charge in [0.2, 0.25) is 0 Å². The van der Waals surface area contributed by atoms with Crippen molar-refractivity contribution in [1.29, 1.82) is 0 Å². The maximum absolute atomic E-state index is 12.8. The number of nitrogens with zero attached hydrogens (tertiary/aromatic N) is 1. The molecule has 1 fully saturated rings. The highest BCUT2D eigenvalue weighted by atomic mass is 35.5. The van der Waals surface area contributed by atoms with E-state index in [-0.39, 0.29) is 6.61 Å². The van der Waals surface area contributed by atoms with Crippen molar-refractivity contribution < 1.29 is 28.2 Å². The van der Waals surface area contributed by atoms with E-state index in [1.807, 2.05) is 128 Å². The summed E-state index contributed by atoms with van der Waals surface area (Å²) in [4.78, 5) is 18.4. The smallest absolute Gasteiger partial charge is 0.151 e. The highest BCUT2D eigenvalue weighted by Crippen LogP contribution is 2.39. The number of rotatable bonds is 14. The summed E-state index contributed by atoms with van der Waals surface area (Å²) in [5.74, 6) is 0.771. The standard InChI is InChI=1S/C41H36ClNO6S/c42-33-19-18-31(21-32(33)22-37-43-23-36(50-37)34-17-10-20-45-34)38-40(47-26-29-13-6-2-7-14-29)41(48-27-30-15-8-3-9-16-30)39(35(24-44)49-38)46-25-28-11-4-1-5-12-28/h1-21,23-24,35,38-41H,22,25-27H2/t35-,38+,39-,40+,41+/m1/s1. The zero-order valence-electron chi connectivity index (χ0n) is 27.2. The van der Waals surface area contributed by atoms with E-state index in [9.17, 15) is 4.79 Å². The number of benzene rings is 4. The van der Waals surface area contributed by atoms with Crippen LogP contribution < -0.4 is 0 Å². The van der Waals surface area contributed by atoms with Gasteiger partial charge in [-0.2, -0.15) is 0 Å². The van der Waals surface area contributed by atoms with Gasteiger partial charge in [-0.15, -0.1) is 11.3 Å². The number of aromatic nitrogens is 1. The Morgan fingerprint density at radius 3 is 1.90 bits per heavy atom. The molecule has 0 N–H and O–H groups in total. The summed E-state index contributed by atoms with van der Waals surface area (Å²) in [5.41, 5.74) is 4.66. The quantitative estimate of drug-likeness (QED) is 0.105. The molecule has 1 aliphatic rings. The lowest BCUT2D eigenvalue weighted by molar-refractivity contribution is -0.259. The van der Waals surface area contributed by atoms with Gasteiger partial charge in [0.25, 0.3) is 0 Å². The highest BCUT2D eigenvalue weighted by molar-refractivity contribution is 7.15. The number of ether oxygens (including phenoxy) is 4. The van der Waals surface area contributed by atoms with Crippen LogP contribution in [0.15, 0.2) is 138 Å². The van der Waals surface area contributed by atoms with Crippen LogP contribution in [0.2, 0.25) is 5.02 Å². The van der Waals surface area contributed by atoms with Crippen molar-refractivity contribution in [3.63, 3.8) is 0 Å². The van der Waals surface area contributed by atoms with Crippen LogP contribution in [-0.4, -0.2) is 35.7 Å². The minimum atomic E-state index is -0.921. The van der Waals surface area contributed by atoms with Crippen LogP contribution in [0.25, 0.3) is 10.6 Å². The fourth-order valence-corrected chi connectivity index (χ4v) is 7.20. The van der Waals surface area contributed by atoms with Crippen molar-refractivity contribution in [3.05, 3.63) is 172 Å². The third kappa shape index (κ3) is 8.30. The maximum Gasteiger partial charge on any atom is 0.151 e. The Bertz CT molecular complexity index is 1940. The third-order valence-corrected chi connectivity index (χ3v) is 10.0. The van der Waals surface area contributed by atoms with E-state index in [2.05, 4.69) is 4.98 Å². The molecule has 0 aliphatic carbocycles. The van der Waals surface area contributed by atoms with Crippen LogP contribution in [-0.2, 0) is 50.0 Å². The molecule has 0 saturated carbocycles. The Labute approximate surface area is 300 Å². The molecular weight excluding hydrogens is 670 g/mol. The first-order valence-electron chi connectivity index (χ1n) is 16.5. The van der Waals surface area contributed by atoms with Crippen molar-refractivity contribution in [2.75, 3.05) is 0 Å². The Balaban J connectivity index is 1.22. The van der Waals surface area contributed by atoms with Gasteiger partial charge < -0.3 is 28.2 Å². The van der Waals surface area contributed by atoms with Gasteiger partial charge in [-0.05, 0) is 46.0 Å². The Hall–Kier alpha value is -4.41. The van der Waals surface area contributed by atoms with E-state index in [4.69, 9.17) is 35.0 Å². The molecule has 0 unspecified atom stereocenters. The SMILES string of the molecule is O=C[C@H]1O[C@@H](c2ccc(Cl)c(Cc3ncc(-c4ccco4)s3)c2)[C@H](OCc2ccccc2)[C@@H](OCc2ccccc2)[C@@H]1OCc1ccccc1. The molecule has 0 radical (unpaired) electrons. The average molecular weight is 706 g/mol. The second kappa shape index (κ2) is 16.5. The van der Waals surface area contributed by atoms with Crippen molar-refractivity contribution >= 4 is 29.2 Å². The Morgan fingerprint density at radius 2 is 1.32 bits per heavy atom. The molecule has 7 rings (SSSR count). The van der Waals surface area contributed by atoms with E-state index >= 15 is 0 Å². The van der Waals surface area contributed by atoms with Gasteiger partial charge in [-0.3, -0.25) is 0 Å². The number of carbonyl (C=O) groups excluding carboxylic acids is 1. The second-order valence-electron chi connectivity index (χ2n) is 12.1. The maximum atomic E-state index is 12.8. The molecule has 2 aromatic heterocycles. The lowest BCUT2D eigenvalue weighted by Gasteiger charge is -2.45. The van der Waals surface area contributed by atoms with E-state index in [1.165, 1.54) is 0 Å². The van der Waals surface area contributed by atoms with E-state index in [1.54, 1.807) is 17.6 Å². The van der Waals surface area contributed by atoms with Gasteiger partial charge >= 0.3 is 0 Å². The topological polar surface area (TPSA) is 80.0 Å². The number of furan rings is 1. The predicted molar refractivity (Wildman–Crippen MR) is 193 cm³/mol. The van der Waals surface area contributed by atoms with Crippen molar-refractivity contribution in [2.45, 2.75) is 56.8 Å². The zero-order chi connectivity index (χ0) is 34.1. The fraction of sp³-hybridized carbons (Fsp3) is 0.220. The van der Waals surface area contributed by atoms with Gasteiger partial charge in [-0.1, -0.05) is 115 Å². The van der Waals surface area contributed by atoms with Crippen molar-refractivity contribution in [1.82, 2.24) is 4.98 Å². The minimum Gasteiger partial charge on any atom is -0.463 e. The van der Waals surface area contributed by atoms with E-state index < -0.39 is 30.5 Å². The zero-order valence-corrected chi connectivity index (χ0v) is 28.7. The molecule has 4 aromatic carbocycles. The molecule has 0 bridgehead atoms. The lowest BCUT2D eigenvalue weighted by atomic mass is 9.89. The van der Waals surface area contributed by atoms with Crippen LogP contribution in [0.3, 0.4) is 0 Å². The number of thiazole rings is 1. The number of hydrogen-bond acceptors (Lipinski definition) is 8. The summed E-state index contributed by atoms with van der Waals surface area (Å²) in [6, 6.07) is 39.3. The second-order valence-corrected chi connectivity index (χ2v) is 13.6. The normalized spacial score (nSPS) is 20.5. The third-order valence-electron chi connectivity index (χ3n) is 8.62. The van der Waals surface area contributed by atoms with E-state index in [0.29, 0.717) is 24.7 Å². The molecule has 3 heterocycles. The van der Waals surface area contributed by atoms with Gasteiger partial charge in [0, 0.05) is 17.6 Å². The summed E-state index contributed by atoms with van der Waals surface area (Å²) in [5, 5.41) is 1.50. The summed E-state index contributed by atoms with van der Waals surface area (Å²) >= 11 is 8.33. The molecular formula is C41H36ClNO6S. The molecule has 0 spiro atoms. The predicted octanol–water partition coefficient (Wildman–Crippen LogP) is 9.04. The van der Waals surface area contributed by atoms with Crippen LogP contribution in [0.1, 0.15) is 38.9 Å². The van der Waals surface area contributed by atoms with Crippen molar-refractivity contribution in [2.24, 2.45) is 0 Å². The molecule has 7 nitrogen and oxygen atoms in total. The summed E-state index contributed by atoms with van der Waals surface area (Å²) in [6.45, 7) is 0.885. The monoisotopic (exact) mass is 705 g/mol. The summed E-state index contributed by atoms with van der Waals surface area (Å²) in [6.07, 6.45) is 1.14. The summed E-state index contributed by atoms with van der Waals surface area (Å²) < 4.78 is 32.2. The summed E-state index contributed by atoms with van der Waals surface area (Å²) in [7, 11) is 0. The Morgan fingerprint density at radius 1 is 0.720 bits per heavy atom. The molecule has 254 valence electrons. The van der Waals surface area contributed by atoms with Gasteiger partial charge in [0.15, 0.2) is 6.29 Å². The minimum absolute atomic E-state index is 0.277. The molecule has 0 amide bonds. The highest BCUT2D eigenvalue weighted by Gasteiger charge is 2.49. The average Bonchev–Trinajstić information content (AvgIpc) is 3.87. The number of halogens is 1. The number of hydrogen-bond donors (Lipinski definition) is 0. The van der Waals surface area contributed by atoms with Gasteiger partial charge in [0.05, 0.1) is 36.0 Å². The first-order chi connectivity index (χ1) is 24.6. The van der Waals surface area contributed by atoms with E-state index in [0.717, 1.165) is 49.7 Å². The molecule has 6 aromatic rings. The fourth-order valence-electron chi connectivity index (χ4n) is 6.10. The van der Waals surface area contributed by atoms with Gasteiger partial charge in [-0.25, -0.2) is 4.98 Å². The molecule has 1 aliphatic heterocycles. The van der Waals surface area contributed by atoms with Crippen LogP contribution in [0.4, 0.5) is 0 Å². The number of aldehydes is 1. The van der Waals surface area contributed by atoms with Crippen LogP contribution in [0.5, 0.6) is 0 Å². The van der Waals surface area contributed by atoms with Crippen molar-refractivity contribution in [3.8, 4) is 10.6 Å². The molecule has 1 saturated heterocycles. The van der Waals surface area contributed by atoms with Crippen LogP contribution >= 0.6 is 22.9 Å². The number of carbonyl (C=O) groups is 1. The molecule has 9 heteroatoms. The first kappa shape index (κ1) is 34.1. The largest absolute Gasteiger partial charge is 0.463 e. The molecule has 5 atom stereocenters.